The van der Waals surface area contributed by atoms with Gasteiger partial charge in [-0.25, -0.2) is 0 Å². The number of imide groups is 1. The highest BCUT2D eigenvalue weighted by Crippen LogP contribution is 2.33. The normalized spacial score (nSPS) is 35.4. The second-order valence-electron chi connectivity index (χ2n) is 4.92. The topological polar surface area (TPSA) is 49.4 Å². The Bertz CT molecular complexity index is 386. The van der Waals surface area contributed by atoms with E-state index in [-0.39, 0.29) is 11.8 Å². The van der Waals surface area contributed by atoms with E-state index in [9.17, 15) is 9.59 Å². The van der Waals surface area contributed by atoms with Crippen LogP contribution in [0, 0.1) is 0 Å². The molecule has 3 rings (SSSR count). The van der Waals surface area contributed by atoms with Crippen molar-refractivity contribution in [1.82, 2.24) is 10.2 Å². The summed E-state index contributed by atoms with van der Waals surface area (Å²) >= 11 is 0. The molecule has 1 atom stereocenters. The Morgan fingerprint density at radius 3 is 2.88 bits per heavy atom. The van der Waals surface area contributed by atoms with Gasteiger partial charge in [-0.05, 0) is 32.2 Å². The summed E-state index contributed by atoms with van der Waals surface area (Å²) in [5.74, 6) is -0.284. The third kappa shape index (κ3) is 1.57. The fourth-order valence-corrected chi connectivity index (χ4v) is 3.13. The van der Waals surface area contributed by atoms with E-state index in [1.807, 2.05) is 0 Å². The van der Waals surface area contributed by atoms with Crippen LogP contribution in [0.1, 0.15) is 32.1 Å². The Labute approximate surface area is 94.7 Å². The molecular formula is C12H16N2O2. The van der Waals surface area contributed by atoms with Crippen LogP contribution < -0.4 is 5.32 Å². The highest BCUT2D eigenvalue weighted by molar-refractivity contribution is 6.13. The van der Waals surface area contributed by atoms with Crippen LogP contribution in [-0.4, -0.2) is 35.8 Å². The number of carbonyl (C=O) groups is 2. The lowest BCUT2D eigenvalue weighted by Gasteiger charge is -2.31. The standard InChI is InChI=1S/C12H16N2O2/c15-11-7-10(12(16)13-11)8-3-5-14-4-1-2-9(14)6-8/h9H,1-7H2,(H,13,15,16). The SMILES string of the molecule is O=C1CC(=C2CCN3CCCC3C2)C(=O)N1. The highest BCUT2D eigenvalue weighted by atomic mass is 16.2. The number of amides is 2. The van der Waals surface area contributed by atoms with Crippen LogP contribution in [0.2, 0.25) is 0 Å². The zero-order valence-electron chi connectivity index (χ0n) is 9.29. The first-order chi connectivity index (χ1) is 7.74. The second kappa shape index (κ2) is 3.70. The molecular weight excluding hydrogens is 204 g/mol. The summed E-state index contributed by atoms with van der Waals surface area (Å²) in [4.78, 5) is 25.2. The highest BCUT2D eigenvalue weighted by Gasteiger charge is 2.33. The van der Waals surface area contributed by atoms with E-state index in [0.29, 0.717) is 12.5 Å². The minimum absolute atomic E-state index is 0.138. The van der Waals surface area contributed by atoms with Gasteiger partial charge in [-0.1, -0.05) is 5.57 Å². The van der Waals surface area contributed by atoms with Crippen molar-refractivity contribution in [3.63, 3.8) is 0 Å². The first-order valence-corrected chi connectivity index (χ1v) is 6.03. The summed E-state index contributed by atoms with van der Waals surface area (Å²) in [5.41, 5.74) is 1.99. The fourth-order valence-electron chi connectivity index (χ4n) is 3.13. The smallest absolute Gasteiger partial charge is 0.254 e. The van der Waals surface area contributed by atoms with Crippen LogP contribution in [0.4, 0.5) is 0 Å². The lowest BCUT2D eigenvalue weighted by atomic mass is 9.92. The van der Waals surface area contributed by atoms with Crippen LogP contribution in [0.5, 0.6) is 0 Å². The van der Waals surface area contributed by atoms with Gasteiger partial charge < -0.3 is 0 Å². The van der Waals surface area contributed by atoms with Gasteiger partial charge in [0, 0.05) is 18.2 Å². The lowest BCUT2D eigenvalue weighted by Crippen LogP contribution is -2.35. The second-order valence-corrected chi connectivity index (χ2v) is 4.92. The largest absolute Gasteiger partial charge is 0.300 e. The van der Waals surface area contributed by atoms with Crippen molar-refractivity contribution in [3.05, 3.63) is 11.1 Å². The average molecular weight is 220 g/mol. The Morgan fingerprint density at radius 1 is 1.25 bits per heavy atom. The molecule has 0 saturated carbocycles. The van der Waals surface area contributed by atoms with E-state index in [1.54, 1.807) is 0 Å². The van der Waals surface area contributed by atoms with Gasteiger partial charge in [0.15, 0.2) is 0 Å². The van der Waals surface area contributed by atoms with E-state index in [4.69, 9.17) is 0 Å². The van der Waals surface area contributed by atoms with Crippen molar-refractivity contribution in [2.24, 2.45) is 0 Å². The van der Waals surface area contributed by atoms with Gasteiger partial charge >= 0.3 is 0 Å². The molecule has 86 valence electrons. The van der Waals surface area contributed by atoms with Gasteiger partial charge in [0.05, 0.1) is 6.42 Å². The maximum Gasteiger partial charge on any atom is 0.254 e. The summed E-state index contributed by atoms with van der Waals surface area (Å²) in [6.45, 7) is 2.27. The Hall–Kier alpha value is -1.16. The maximum absolute atomic E-state index is 11.6. The summed E-state index contributed by atoms with van der Waals surface area (Å²) in [6.07, 6.45) is 4.79. The molecule has 3 aliphatic rings. The Morgan fingerprint density at radius 2 is 2.12 bits per heavy atom. The van der Waals surface area contributed by atoms with Crippen LogP contribution in [-0.2, 0) is 9.59 Å². The molecule has 0 radical (unpaired) electrons. The summed E-state index contributed by atoms with van der Waals surface area (Å²) in [7, 11) is 0. The third-order valence-electron chi connectivity index (χ3n) is 3.97. The van der Waals surface area contributed by atoms with Crippen LogP contribution in [0.25, 0.3) is 0 Å². The predicted octanol–water partition coefficient (Wildman–Crippen LogP) is 0.588. The van der Waals surface area contributed by atoms with Crippen molar-refractivity contribution in [2.45, 2.75) is 38.1 Å². The summed E-state index contributed by atoms with van der Waals surface area (Å²) in [5, 5.41) is 2.37. The number of carbonyl (C=O) groups excluding carboxylic acids is 2. The number of hydrogen-bond donors (Lipinski definition) is 1. The molecule has 4 nitrogen and oxygen atoms in total. The molecule has 0 aromatic rings. The number of hydrogen-bond acceptors (Lipinski definition) is 3. The van der Waals surface area contributed by atoms with Crippen LogP contribution in [0.3, 0.4) is 0 Å². The molecule has 0 spiro atoms. The van der Waals surface area contributed by atoms with E-state index in [0.717, 1.165) is 25.0 Å². The molecule has 4 heteroatoms. The number of piperidine rings is 1. The number of nitrogens with zero attached hydrogens (tertiary/aromatic N) is 1. The molecule has 3 aliphatic heterocycles. The summed E-state index contributed by atoms with van der Waals surface area (Å²) < 4.78 is 0. The Kier molecular flexibility index (Phi) is 2.32. The van der Waals surface area contributed by atoms with Gasteiger partial charge in [0.25, 0.3) is 5.91 Å². The van der Waals surface area contributed by atoms with Crippen LogP contribution >= 0.6 is 0 Å². The monoisotopic (exact) mass is 220 g/mol. The maximum atomic E-state index is 11.6. The number of nitrogens with one attached hydrogen (secondary N) is 1. The van der Waals surface area contributed by atoms with Gasteiger partial charge in [-0.3, -0.25) is 19.8 Å². The first-order valence-electron chi connectivity index (χ1n) is 6.03. The van der Waals surface area contributed by atoms with Crippen molar-refractivity contribution in [3.8, 4) is 0 Å². The third-order valence-corrected chi connectivity index (χ3v) is 3.97. The molecule has 16 heavy (non-hydrogen) atoms. The molecule has 0 aromatic carbocycles. The zero-order valence-corrected chi connectivity index (χ0v) is 9.29. The molecule has 1 N–H and O–H groups in total. The van der Waals surface area contributed by atoms with E-state index >= 15 is 0 Å². The molecule has 3 heterocycles. The van der Waals surface area contributed by atoms with Crippen molar-refractivity contribution in [1.29, 1.82) is 0 Å². The number of fused-ring (bicyclic) bond motifs is 1. The minimum atomic E-state index is -0.147. The molecule has 0 bridgehead atoms. The van der Waals surface area contributed by atoms with Crippen molar-refractivity contribution in [2.75, 3.05) is 13.1 Å². The van der Waals surface area contributed by atoms with E-state index in [1.165, 1.54) is 25.0 Å². The lowest BCUT2D eigenvalue weighted by molar-refractivity contribution is -0.124. The quantitative estimate of drug-likeness (QED) is 0.480. The predicted molar refractivity (Wildman–Crippen MR) is 58.6 cm³/mol. The zero-order chi connectivity index (χ0) is 11.1. The molecule has 2 amide bonds. The molecule has 0 aliphatic carbocycles. The van der Waals surface area contributed by atoms with Gasteiger partial charge in [-0.15, -0.1) is 0 Å². The minimum Gasteiger partial charge on any atom is -0.300 e. The first kappa shape index (κ1) is 10.0. The van der Waals surface area contributed by atoms with Gasteiger partial charge in [0.2, 0.25) is 5.91 Å². The fraction of sp³-hybridized carbons (Fsp3) is 0.667. The number of rotatable bonds is 0. The van der Waals surface area contributed by atoms with Crippen LogP contribution in [0.15, 0.2) is 11.1 Å². The molecule has 0 aromatic heterocycles. The Balaban J connectivity index is 1.82. The van der Waals surface area contributed by atoms with E-state index in [2.05, 4.69) is 10.2 Å². The molecule has 3 saturated heterocycles. The van der Waals surface area contributed by atoms with E-state index < -0.39 is 0 Å². The molecule has 3 fully saturated rings. The summed E-state index contributed by atoms with van der Waals surface area (Å²) in [6, 6.07) is 0.625. The van der Waals surface area contributed by atoms with Gasteiger partial charge in [-0.2, -0.15) is 0 Å². The van der Waals surface area contributed by atoms with Gasteiger partial charge in [0.1, 0.15) is 0 Å². The van der Waals surface area contributed by atoms with Crippen molar-refractivity contribution < 1.29 is 9.59 Å². The van der Waals surface area contributed by atoms with Crippen molar-refractivity contribution >= 4 is 11.8 Å². The molecule has 1 unspecified atom stereocenters. The average Bonchev–Trinajstić information content (AvgIpc) is 2.83.